The lowest BCUT2D eigenvalue weighted by atomic mass is 10.2. The van der Waals surface area contributed by atoms with Gasteiger partial charge >= 0.3 is 5.69 Å². The van der Waals surface area contributed by atoms with Gasteiger partial charge < -0.3 is 4.74 Å². The number of hydrogen-bond donors (Lipinski definition) is 0. The molecule has 108 valence electrons. The van der Waals surface area contributed by atoms with E-state index in [4.69, 9.17) is 4.74 Å². The second-order valence-corrected chi connectivity index (χ2v) is 4.96. The summed E-state index contributed by atoms with van der Waals surface area (Å²) >= 11 is 3.08. The Balaban J connectivity index is 2.45. The summed E-state index contributed by atoms with van der Waals surface area (Å²) in [5.41, 5.74) is 0.0882. The van der Waals surface area contributed by atoms with Crippen LogP contribution in [0.25, 0.3) is 0 Å². The van der Waals surface area contributed by atoms with Gasteiger partial charge in [0.05, 0.1) is 15.9 Å². The first-order valence-electron chi connectivity index (χ1n) is 5.61. The Hall–Kier alpha value is -2.55. The topological polar surface area (TPSA) is 108 Å². The Labute approximate surface area is 126 Å². The molecule has 0 aliphatic carbocycles. The Kier molecular flexibility index (Phi) is 4.13. The molecule has 0 radical (unpaired) electrons. The van der Waals surface area contributed by atoms with Crippen molar-refractivity contribution in [3.05, 3.63) is 60.7 Å². The minimum Gasteiger partial charge on any atom is -0.433 e. The van der Waals surface area contributed by atoms with E-state index in [1.165, 1.54) is 30.5 Å². The molecule has 0 aliphatic heterocycles. The zero-order valence-corrected chi connectivity index (χ0v) is 12.2. The van der Waals surface area contributed by atoms with E-state index in [1.807, 2.05) is 0 Å². The number of ether oxygens (including phenoxy) is 1. The van der Waals surface area contributed by atoms with Crippen LogP contribution in [-0.2, 0) is 0 Å². The van der Waals surface area contributed by atoms with Crippen LogP contribution in [-0.4, -0.2) is 14.8 Å². The largest absolute Gasteiger partial charge is 0.433 e. The molecular formula is C12H8BrN3O5. The number of nitro groups is 2. The van der Waals surface area contributed by atoms with Crippen LogP contribution in [0.2, 0.25) is 0 Å². The first kappa shape index (κ1) is 14.9. The molecule has 0 aliphatic rings. The number of nitro benzene ring substituents is 1. The molecule has 2 aromatic rings. The van der Waals surface area contributed by atoms with E-state index in [0.29, 0.717) is 10.0 Å². The zero-order chi connectivity index (χ0) is 15.6. The van der Waals surface area contributed by atoms with Crippen molar-refractivity contribution >= 4 is 27.3 Å². The van der Waals surface area contributed by atoms with E-state index >= 15 is 0 Å². The fourth-order valence-electron chi connectivity index (χ4n) is 1.54. The standard InChI is InChI=1S/C12H8BrN3O5/c1-7-2-3-9(15(17)18)5-11(7)21-12-10(16(19)20)4-8(13)6-14-12/h2-6H,1H3. The number of aromatic nitrogens is 1. The number of non-ortho nitro benzene ring substituents is 1. The van der Waals surface area contributed by atoms with Crippen molar-refractivity contribution in [2.24, 2.45) is 0 Å². The average Bonchev–Trinajstić information content (AvgIpc) is 2.42. The van der Waals surface area contributed by atoms with Gasteiger partial charge in [-0.2, -0.15) is 0 Å². The summed E-state index contributed by atoms with van der Waals surface area (Å²) in [6.45, 7) is 1.67. The second-order valence-electron chi connectivity index (χ2n) is 4.04. The van der Waals surface area contributed by atoms with Crippen molar-refractivity contribution < 1.29 is 14.6 Å². The monoisotopic (exact) mass is 353 g/mol. The quantitative estimate of drug-likeness (QED) is 0.611. The molecule has 0 bridgehead atoms. The normalized spacial score (nSPS) is 10.2. The molecule has 0 unspecified atom stereocenters. The molecule has 8 nitrogen and oxygen atoms in total. The van der Waals surface area contributed by atoms with Crippen LogP contribution in [0, 0.1) is 27.2 Å². The second kappa shape index (κ2) is 5.83. The van der Waals surface area contributed by atoms with Gasteiger partial charge in [0, 0.05) is 22.8 Å². The summed E-state index contributed by atoms with van der Waals surface area (Å²) in [7, 11) is 0. The van der Waals surface area contributed by atoms with Crippen LogP contribution in [0.5, 0.6) is 11.6 Å². The maximum Gasteiger partial charge on any atom is 0.332 e. The lowest BCUT2D eigenvalue weighted by Crippen LogP contribution is -1.98. The summed E-state index contributed by atoms with van der Waals surface area (Å²) in [6, 6.07) is 5.27. The van der Waals surface area contributed by atoms with Crippen molar-refractivity contribution in [3.63, 3.8) is 0 Å². The number of rotatable bonds is 4. The average molecular weight is 354 g/mol. The Morgan fingerprint density at radius 1 is 1.19 bits per heavy atom. The fraction of sp³-hybridized carbons (Fsp3) is 0.0833. The first-order valence-corrected chi connectivity index (χ1v) is 6.40. The van der Waals surface area contributed by atoms with Gasteiger partial charge in [0.25, 0.3) is 11.6 Å². The first-order chi connectivity index (χ1) is 9.88. The number of halogens is 1. The van der Waals surface area contributed by atoms with Gasteiger partial charge in [-0.05, 0) is 34.5 Å². The lowest BCUT2D eigenvalue weighted by molar-refractivity contribution is -0.386. The van der Waals surface area contributed by atoms with Gasteiger partial charge in [0.2, 0.25) is 0 Å². The molecule has 9 heteroatoms. The highest BCUT2D eigenvalue weighted by Gasteiger charge is 2.20. The molecule has 0 fully saturated rings. The third-order valence-electron chi connectivity index (χ3n) is 2.58. The minimum atomic E-state index is -0.639. The molecule has 1 aromatic heterocycles. The lowest BCUT2D eigenvalue weighted by Gasteiger charge is -2.08. The highest BCUT2D eigenvalue weighted by Crippen LogP contribution is 2.34. The Bertz CT molecular complexity index is 735. The van der Waals surface area contributed by atoms with Gasteiger partial charge in [-0.15, -0.1) is 0 Å². The van der Waals surface area contributed by atoms with Crippen LogP contribution in [0.15, 0.2) is 34.9 Å². The fourth-order valence-corrected chi connectivity index (χ4v) is 1.86. The molecule has 0 saturated heterocycles. The number of pyridine rings is 1. The molecule has 0 saturated carbocycles. The zero-order valence-electron chi connectivity index (χ0n) is 10.6. The van der Waals surface area contributed by atoms with Crippen LogP contribution in [0.4, 0.5) is 11.4 Å². The van der Waals surface area contributed by atoms with E-state index < -0.39 is 9.85 Å². The molecule has 21 heavy (non-hydrogen) atoms. The van der Waals surface area contributed by atoms with Gasteiger partial charge in [-0.3, -0.25) is 20.2 Å². The van der Waals surface area contributed by atoms with Crippen LogP contribution >= 0.6 is 15.9 Å². The van der Waals surface area contributed by atoms with Gasteiger partial charge in [0.15, 0.2) is 0 Å². The van der Waals surface area contributed by atoms with Gasteiger partial charge in [0.1, 0.15) is 5.75 Å². The van der Waals surface area contributed by atoms with Crippen molar-refractivity contribution in [1.29, 1.82) is 0 Å². The molecule has 0 N–H and O–H groups in total. The smallest absolute Gasteiger partial charge is 0.332 e. The molecule has 0 spiro atoms. The number of aryl methyl sites for hydroxylation is 1. The molecule has 1 heterocycles. The highest BCUT2D eigenvalue weighted by atomic mass is 79.9. The third kappa shape index (κ3) is 3.31. The van der Waals surface area contributed by atoms with E-state index in [2.05, 4.69) is 20.9 Å². The molecule has 1 aromatic carbocycles. The van der Waals surface area contributed by atoms with Crippen molar-refractivity contribution in [2.75, 3.05) is 0 Å². The maximum atomic E-state index is 11.0. The summed E-state index contributed by atoms with van der Waals surface area (Å²) in [5, 5.41) is 21.7. The van der Waals surface area contributed by atoms with E-state index in [9.17, 15) is 20.2 Å². The predicted molar refractivity (Wildman–Crippen MR) is 76.5 cm³/mol. The van der Waals surface area contributed by atoms with E-state index in [1.54, 1.807) is 6.92 Å². The molecule has 2 rings (SSSR count). The number of hydrogen-bond acceptors (Lipinski definition) is 6. The van der Waals surface area contributed by atoms with Crippen LogP contribution < -0.4 is 4.74 Å². The van der Waals surface area contributed by atoms with Crippen molar-refractivity contribution in [1.82, 2.24) is 4.98 Å². The van der Waals surface area contributed by atoms with Crippen molar-refractivity contribution in [3.8, 4) is 11.6 Å². The molecular weight excluding hydrogens is 346 g/mol. The van der Waals surface area contributed by atoms with Gasteiger partial charge in [-0.1, -0.05) is 0 Å². The Morgan fingerprint density at radius 2 is 1.90 bits per heavy atom. The summed E-state index contributed by atoms with van der Waals surface area (Å²) in [6.07, 6.45) is 1.34. The SMILES string of the molecule is Cc1ccc([N+](=O)[O-])cc1Oc1ncc(Br)cc1[N+](=O)[O-]. The van der Waals surface area contributed by atoms with Crippen LogP contribution in [0.1, 0.15) is 5.56 Å². The minimum absolute atomic E-state index is 0.141. The van der Waals surface area contributed by atoms with Crippen molar-refractivity contribution in [2.45, 2.75) is 6.92 Å². The number of nitrogens with zero attached hydrogens (tertiary/aromatic N) is 3. The summed E-state index contributed by atoms with van der Waals surface area (Å²) in [5.74, 6) is -0.0890. The Morgan fingerprint density at radius 3 is 2.52 bits per heavy atom. The van der Waals surface area contributed by atoms with E-state index in [0.717, 1.165) is 0 Å². The molecule has 0 amide bonds. The van der Waals surface area contributed by atoms with Gasteiger partial charge in [-0.25, -0.2) is 4.98 Å². The highest BCUT2D eigenvalue weighted by molar-refractivity contribution is 9.10. The molecule has 0 atom stereocenters. The predicted octanol–water partition coefficient (Wildman–Crippen LogP) is 3.76. The number of benzene rings is 1. The summed E-state index contributed by atoms with van der Waals surface area (Å²) in [4.78, 5) is 24.4. The van der Waals surface area contributed by atoms with Crippen LogP contribution in [0.3, 0.4) is 0 Å². The summed E-state index contributed by atoms with van der Waals surface area (Å²) < 4.78 is 5.80. The van der Waals surface area contributed by atoms with E-state index in [-0.39, 0.29) is 23.0 Å². The maximum absolute atomic E-state index is 11.0. The third-order valence-corrected chi connectivity index (χ3v) is 3.02.